The zero-order valence-corrected chi connectivity index (χ0v) is 10.0. The van der Waals surface area contributed by atoms with Crippen molar-refractivity contribution in [2.24, 2.45) is 0 Å². The first-order chi connectivity index (χ1) is 8.20. The van der Waals surface area contributed by atoms with E-state index in [0.717, 1.165) is 21.6 Å². The lowest BCUT2D eigenvalue weighted by Gasteiger charge is -2.16. The Hall–Kier alpha value is -1.64. The van der Waals surface area contributed by atoms with Gasteiger partial charge in [-0.15, -0.1) is 11.3 Å². The van der Waals surface area contributed by atoms with Crippen molar-refractivity contribution in [3.63, 3.8) is 0 Å². The summed E-state index contributed by atoms with van der Waals surface area (Å²) < 4.78 is 35.9. The van der Waals surface area contributed by atoms with Crippen molar-refractivity contribution in [3.8, 4) is 0 Å². The lowest BCUT2D eigenvalue weighted by atomic mass is 10.4. The highest BCUT2D eigenvalue weighted by Gasteiger charge is 2.28. The molecule has 0 radical (unpaired) electrons. The number of carbonyl (C=O) groups excluding carboxylic acids is 1. The number of rotatable bonds is 4. The Bertz CT molecular complexity index is 458. The third-order valence-corrected chi connectivity index (χ3v) is 2.81. The molecule has 0 spiro atoms. The summed E-state index contributed by atoms with van der Waals surface area (Å²) in [5.41, 5.74) is -0.299. The Morgan fingerprint density at radius 3 is 2.56 bits per heavy atom. The number of hydrogen-bond donors (Lipinski definition) is 1. The zero-order chi connectivity index (χ0) is 13.9. The number of carbonyl (C=O) groups is 2. The van der Waals surface area contributed by atoms with E-state index >= 15 is 0 Å². The largest absolute Gasteiger partial charge is 0.476 e. The van der Waals surface area contributed by atoms with Crippen LogP contribution in [0, 0.1) is 0 Å². The number of carboxylic acid groups (broad SMARTS) is 1. The number of amides is 1. The Kier molecular flexibility index (Phi) is 4.28. The van der Waals surface area contributed by atoms with E-state index in [1.165, 1.54) is 7.05 Å². The molecule has 0 aliphatic rings. The molecule has 5 nitrogen and oxygen atoms in total. The molecule has 1 heterocycles. The van der Waals surface area contributed by atoms with Crippen LogP contribution in [-0.2, 0) is 0 Å². The third kappa shape index (κ3) is 3.99. The van der Waals surface area contributed by atoms with Crippen LogP contribution in [0.2, 0.25) is 0 Å². The molecule has 1 aromatic rings. The molecule has 18 heavy (non-hydrogen) atoms. The van der Waals surface area contributed by atoms with Gasteiger partial charge in [-0.25, -0.2) is 9.78 Å². The number of hydrogen-bond acceptors (Lipinski definition) is 4. The van der Waals surface area contributed by atoms with Gasteiger partial charge in [0.15, 0.2) is 10.7 Å². The van der Waals surface area contributed by atoms with Gasteiger partial charge >= 0.3 is 12.1 Å². The fraction of sp³-hybridized carbons (Fsp3) is 0.444. The van der Waals surface area contributed by atoms with E-state index in [0.29, 0.717) is 0 Å². The SMILES string of the molecule is CN(CCC(F)(F)F)C(=O)c1nc(C(=O)O)cs1. The van der Waals surface area contributed by atoms with Gasteiger partial charge in [-0.05, 0) is 0 Å². The number of alkyl halides is 3. The molecule has 0 unspecified atom stereocenters. The molecule has 1 amide bonds. The van der Waals surface area contributed by atoms with Crippen LogP contribution in [0.5, 0.6) is 0 Å². The van der Waals surface area contributed by atoms with Crippen LogP contribution in [-0.4, -0.2) is 46.6 Å². The summed E-state index contributed by atoms with van der Waals surface area (Å²) in [6, 6.07) is 0. The minimum atomic E-state index is -4.34. The van der Waals surface area contributed by atoms with E-state index < -0.39 is 31.0 Å². The number of thiazole rings is 1. The summed E-state index contributed by atoms with van der Waals surface area (Å²) in [5, 5.41) is 9.62. The summed E-state index contributed by atoms with van der Waals surface area (Å²) in [5.74, 6) is -2.01. The number of carboxylic acids is 1. The molecular weight excluding hydrogens is 273 g/mol. The van der Waals surface area contributed by atoms with Gasteiger partial charge in [0.05, 0.1) is 6.42 Å². The fourth-order valence-electron chi connectivity index (χ4n) is 1.03. The quantitative estimate of drug-likeness (QED) is 0.915. The number of halogens is 3. The molecule has 0 aliphatic carbocycles. The van der Waals surface area contributed by atoms with Crippen LogP contribution < -0.4 is 0 Å². The molecule has 0 aromatic carbocycles. The molecule has 0 saturated carbocycles. The van der Waals surface area contributed by atoms with Gasteiger partial charge in [0.25, 0.3) is 5.91 Å². The monoisotopic (exact) mass is 282 g/mol. The summed E-state index contributed by atoms with van der Waals surface area (Å²) in [7, 11) is 1.20. The molecule has 9 heteroatoms. The molecule has 0 bridgehead atoms. The van der Waals surface area contributed by atoms with Crippen molar-refractivity contribution in [1.82, 2.24) is 9.88 Å². The Morgan fingerprint density at radius 2 is 2.11 bits per heavy atom. The van der Waals surface area contributed by atoms with Crippen LogP contribution >= 0.6 is 11.3 Å². The van der Waals surface area contributed by atoms with Gasteiger partial charge in [0.2, 0.25) is 0 Å². The second-order valence-corrected chi connectivity index (χ2v) is 4.29. The lowest BCUT2D eigenvalue weighted by molar-refractivity contribution is -0.136. The minimum Gasteiger partial charge on any atom is -0.476 e. The second kappa shape index (κ2) is 5.34. The van der Waals surface area contributed by atoms with Gasteiger partial charge < -0.3 is 10.0 Å². The summed E-state index contributed by atoms with van der Waals surface area (Å²) in [4.78, 5) is 26.5. The standard InChI is InChI=1S/C9H9F3N2O3S/c1-14(3-2-9(10,11)12)7(15)6-13-5(4-18-6)8(16)17/h4H,2-3H2,1H3,(H,16,17). The Labute approximate surface area is 104 Å². The van der Waals surface area contributed by atoms with E-state index in [-0.39, 0.29) is 10.7 Å². The molecule has 0 fully saturated rings. The molecule has 0 aliphatic heterocycles. The minimum absolute atomic E-state index is 0.142. The molecule has 100 valence electrons. The highest BCUT2D eigenvalue weighted by atomic mass is 32.1. The average Bonchev–Trinajstić information content (AvgIpc) is 2.73. The number of nitrogens with zero attached hydrogens (tertiary/aromatic N) is 2. The summed E-state index contributed by atoms with van der Waals surface area (Å²) in [6.07, 6.45) is -5.46. The first-order valence-corrected chi connectivity index (χ1v) is 5.59. The summed E-state index contributed by atoms with van der Waals surface area (Å²) >= 11 is 0.783. The smallest absolute Gasteiger partial charge is 0.390 e. The van der Waals surface area contributed by atoms with Crippen LogP contribution in [0.1, 0.15) is 26.7 Å². The summed E-state index contributed by atoms with van der Waals surface area (Å²) in [6.45, 7) is -0.496. The maximum Gasteiger partial charge on any atom is 0.390 e. The number of aromatic carboxylic acids is 1. The van der Waals surface area contributed by atoms with Crippen molar-refractivity contribution in [3.05, 3.63) is 16.1 Å². The Morgan fingerprint density at radius 1 is 1.50 bits per heavy atom. The molecule has 0 atom stereocenters. The number of aromatic nitrogens is 1. The fourth-order valence-corrected chi connectivity index (χ4v) is 1.81. The van der Waals surface area contributed by atoms with Crippen LogP contribution in [0.3, 0.4) is 0 Å². The molecule has 1 N–H and O–H groups in total. The predicted octanol–water partition coefficient (Wildman–Crippen LogP) is 1.87. The van der Waals surface area contributed by atoms with Crippen molar-refractivity contribution < 1.29 is 27.9 Å². The predicted molar refractivity (Wildman–Crippen MR) is 56.7 cm³/mol. The van der Waals surface area contributed by atoms with E-state index in [4.69, 9.17) is 5.11 Å². The zero-order valence-electron chi connectivity index (χ0n) is 9.19. The first-order valence-electron chi connectivity index (χ1n) is 4.72. The maximum absolute atomic E-state index is 12.0. The molecule has 0 saturated heterocycles. The topological polar surface area (TPSA) is 70.5 Å². The van der Waals surface area contributed by atoms with Crippen molar-refractivity contribution >= 4 is 23.2 Å². The van der Waals surface area contributed by atoms with Gasteiger partial charge in [0.1, 0.15) is 0 Å². The highest BCUT2D eigenvalue weighted by molar-refractivity contribution is 7.11. The van der Waals surface area contributed by atoms with Crippen molar-refractivity contribution in [1.29, 1.82) is 0 Å². The van der Waals surface area contributed by atoms with Gasteiger partial charge in [0, 0.05) is 19.0 Å². The lowest BCUT2D eigenvalue weighted by Crippen LogP contribution is -2.30. The average molecular weight is 282 g/mol. The van der Waals surface area contributed by atoms with E-state index in [1.54, 1.807) is 0 Å². The van der Waals surface area contributed by atoms with Crippen LogP contribution in [0.25, 0.3) is 0 Å². The normalized spacial score (nSPS) is 11.3. The molecule has 1 aromatic heterocycles. The van der Waals surface area contributed by atoms with E-state index in [9.17, 15) is 22.8 Å². The molecular formula is C9H9F3N2O3S. The third-order valence-electron chi connectivity index (χ3n) is 1.98. The van der Waals surface area contributed by atoms with Crippen molar-refractivity contribution in [2.45, 2.75) is 12.6 Å². The first kappa shape index (κ1) is 14.4. The van der Waals surface area contributed by atoms with Crippen LogP contribution in [0.4, 0.5) is 13.2 Å². The Balaban J connectivity index is 2.65. The van der Waals surface area contributed by atoms with E-state index in [2.05, 4.69) is 4.98 Å². The maximum atomic E-state index is 12.0. The van der Waals surface area contributed by atoms with Gasteiger partial charge in [-0.2, -0.15) is 13.2 Å². The van der Waals surface area contributed by atoms with Gasteiger partial charge in [-0.3, -0.25) is 4.79 Å². The van der Waals surface area contributed by atoms with Crippen LogP contribution in [0.15, 0.2) is 5.38 Å². The highest BCUT2D eigenvalue weighted by Crippen LogP contribution is 2.20. The van der Waals surface area contributed by atoms with Gasteiger partial charge in [-0.1, -0.05) is 0 Å². The molecule has 1 rings (SSSR count). The van der Waals surface area contributed by atoms with Crippen molar-refractivity contribution in [2.75, 3.05) is 13.6 Å². The second-order valence-electron chi connectivity index (χ2n) is 3.43. The van der Waals surface area contributed by atoms with E-state index in [1.807, 2.05) is 0 Å².